The summed E-state index contributed by atoms with van der Waals surface area (Å²) < 4.78 is 5.87. The minimum Gasteiger partial charge on any atom is -0.508 e. The highest BCUT2D eigenvalue weighted by atomic mass is 16.5. The Labute approximate surface area is 172 Å². The number of carbonyl (C=O) groups excluding carboxylic acids is 1. The van der Waals surface area contributed by atoms with Gasteiger partial charge in [0.05, 0.1) is 19.3 Å². The van der Waals surface area contributed by atoms with Crippen LogP contribution >= 0.6 is 0 Å². The second-order valence-electron chi connectivity index (χ2n) is 8.20. The Balaban J connectivity index is 1.25. The molecule has 2 heterocycles. The summed E-state index contributed by atoms with van der Waals surface area (Å²) in [4.78, 5) is 17.0. The second kappa shape index (κ2) is 9.42. The third kappa shape index (κ3) is 5.37. The summed E-state index contributed by atoms with van der Waals surface area (Å²) in [6.07, 6.45) is 3.17. The van der Waals surface area contributed by atoms with E-state index in [4.69, 9.17) is 4.74 Å². The van der Waals surface area contributed by atoms with Crippen molar-refractivity contribution in [3.05, 3.63) is 65.7 Å². The van der Waals surface area contributed by atoms with Crippen molar-refractivity contribution in [3.63, 3.8) is 0 Å². The molecule has 1 unspecified atom stereocenters. The number of aromatic hydroxyl groups is 1. The van der Waals surface area contributed by atoms with Crippen LogP contribution in [0.2, 0.25) is 0 Å². The molecule has 2 aliphatic heterocycles. The van der Waals surface area contributed by atoms with Crippen molar-refractivity contribution in [2.45, 2.75) is 25.4 Å². The molecule has 4 rings (SSSR count). The van der Waals surface area contributed by atoms with Gasteiger partial charge in [-0.1, -0.05) is 42.5 Å². The van der Waals surface area contributed by atoms with Crippen LogP contribution in [0.4, 0.5) is 0 Å². The van der Waals surface area contributed by atoms with Gasteiger partial charge >= 0.3 is 0 Å². The largest absolute Gasteiger partial charge is 0.508 e. The van der Waals surface area contributed by atoms with E-state index < -0.39 is 0 Å². The number of likely N-dealkylation sites (tertiary alicyclic amines) is 1. The number of amides is 1. The molecule has 2 aromatic rings. The number of carbonyl (C=O) groups is 1. The number of hydrogen-bond donors (Lipinski definition) is 1. The van der Waals surface area contributed by atoms with Crippen molar-refractivity contribution in [2.75, 3.05) is 39.3 Å². The molecular formula is C24H30N2O3. The zero-order chi connectivity index (χ0) is 20.1. The van der Waals surface area contributed by atoms with Crippen molar-refractivity contribution in [2.24, 2.45) is 5.92 Å². The van der Waals surface area contributed by atoms with Gasteiger partial charge in [-0.25, -0.2) is 0 Å². The Hall–Kier alpha value is -2.37. The fourth-order valence-corrected chi connectivity index (χ4v) is 4.40. The maximum atomic E-state index is 12.8. The van der Waals surface area contributed by atoms with E-state index in [-0.39, 0.29) is 17.8 Å². The molecule has 5 heteroatoms. The average molecular weight is 395 g/mol. The first-order valence-electron chi connectivity index (χ1n) is 10.6. The van der Waals surface area contributed by atoms with Crippen LogP contribution in [0.3, 0.4) is 0 Å². The first-order valence-corrected chi connectivity index (χ1v) is 10.6. The fraction of sp³-hybridized carbons (Fsp3) is 0.458. The molecular weight excluding hydrogens is 364 g/mol. The lowest BCUT2D eigenvalue weighted by molar-refractivity contribution is -0.135. The average Bonchev–Trinajstić information content (AvgIpc) is 2.75. The number of hydrogen-bond acceptors (Lipinski definition) is 4. The number of rotatable bonds is 5. The van der Waals surface area contributed by atoms with Crippen molar-refractivity contribution in [3.8, 4) is 5.75 Å². The third-order valence-electron chi connectivity index (χ3n) is 6.09. The predicted octanol–water partition coefficient (Wildman–Crippen LogP) is 3.25. The number of nitrogens with zero attached hydrogens (tertiary/aromatic N) is 2. The van der Waals surface area contributed by atoms with Gasteiger partial charge in [-0.2, -0.15) is 0 Å². The molecule has 0 aromatic heterocycles. The third-order valence-corrected chi connectivity index (χ3v) is 6.09. The molecule has 2 saturated heterocycles. The van der Waals surface area contributed by atoms with Gasteiger partial charge in [0.15, 0.2) is 0 Å². The predicted molar refractivity (Wildman–Crippen MR) is 113 cm³/mol. The van der Waals surface area contributed by atoms with Crippen LogP contribution in [0.25, 0.3) is 0 Å². The number of phenolic OH excluding ortho intramolecular Hbond substituents is 1. The number of morpholine rings is 1. The molecule has 1 N–H and O–H groups in total. The molecule has 5 nitrogen and oxygen atoms in total. The first-order chi connectivity index (χ1) is 14.2. The van der Waals surface area contributed by atoms with Crippen molar-refractivity contribution >= 4 is 5.91 Å². The molecule has 2 fully saturated rings. The quantitative estimate of drug-likeness (QED) is 0.846. The smallest absolute Gasteiger partial charge is 0.236 e. The molecule has 2 aromatic carbocycles. The fourth-order valence-electron chi connectivity index (χ4n) is 4.40. The van der Waals surface area contributed by atoms with Gasteiger partial charge in [-0.05, 0) is 48.4 Å². The van der Waals surface area contributed by atoms with E-state index in [1.54, 1.807) is 12.1 Å². The highest BCUT2D eigenvalue weighted by Crippen LogP contribution is 2.26. The summed E-state index contributed by atoms with van der Waals surface area (Å²) in [6, 6.07) is 17.8. The van der Waals surface area contributed by atoms with E-state index in [1.807, 2.05) is 17.0 Å². The van der Waals surface area contributed by atoms with Gasteiger partial charge in [0.2, 0.25) is 5.91 Å². The Morgan fingerprint density at radius 1 is 1.03 bits per heavy atom. The molecule has 1 amide bonds. The van der Waals surface area contributed by atoms with Crippen LogP contribution in [-0.4, -0.2) is 60.1 Å². The Morgan fingerprint density at radius 3 is 2.59 bits per heavy atom. The molecule has 2 aliphatic rings. The summed E-state index contributed by atoms with van der Waals surface area (Å²) in [5, 5.41) is 9.71. The van der Waals surface area contributed by atoms with Gasteiger partial charge in [0.1, 0.15) is 5.75 Å². The lowest BCUT2D eigenvalue weighted by atomic mass is 9.90. The Kier molecular flexibility index (Phi) is 6.47. The zero-order valence-corrected chi connectivity index (χ0v) is 16.9. The number of benzene rings is 2. The SMILES string of the molecule is O=C(CN1CCOC(c2cccc(O)c2)C1)N1CCC(Cc2ccccc2)CC1. The van der Waals surface area contributed by atoms with Gasteiger partial charge in [-0.3, -0.25) is 9.69 Å². The normalized spacial score (nSPS) is 21.2. The van der Waals surface area contributed by atoms with E-state index in [2.05, 4.69) is 35.2 Å². The minimum atomic E-state index is -0.0970. The van der Waals surface area contributed by atoms with Crippen molar-refractivity contribution in [1.29, 1.82) is 0 Å². The van der Waals surface area contributed by atoms with E-state index in [0.29, 0.717) is 25.6 Å². The molecule has 29 heavy (non-hydrogen) atoms. The van der Waals surface area contributed by atoms with Crippen LogP contribution < -0.4 is 0 Å². The molecule has 0 saturated carbocycles. The lowest BCUT2D eigenvalue weighted by Gasteiger charge is -2.36. The summed E-state index contributed by atoms with van der Waals surface area (Å²) in [7, 11) is 0. The summed E-state index contributed by atoms with van der Waals surface area (Å²) >= 11 is 0. The standard InChI is InChI=1S/C24H30N2O3/c27-22-8-4-7-21(16-22)23-17-25(13-14-29-23)18-24(28)26-11-9-20(10-12-26)15-19-5-2-1-3-6-19/h1-8,16,20,23,27H,9-15,17-18H2. The van der Waals surface area contributed by atoms with E-state index >= 15 is 0 Å². The monoisotopic (exact) mass is 394 g/mol. The van der Waals surface area contributed by atoms with Gasteiger partial charge in [-0.15, -0.1) is 0 Å². The van der Waals surface area contributed by atoms with E-state index in [9.17, 15) is 9.90 Å². The second-order valence-corrected chi connectivity index (χ2v) is 8.20. The minimum absolute atomic E-state index is 0.0970. The van der Waals surface area contributed by atoms with Crippen LogP contribution in [0.15, 0.2) is 54.6 Å². The topological polar surface area (TPSA) is 53.0 Å². The Morgan fingerprint density at radius 2 is 1.83 bits per heavy atom. The highest BCUT2D eigenvalue weighted by Gasteiger charge is 2.27. The molecule has 0 radical (unpaired) electrons. The molecule has 0 bridgehead atoms. The maximum absolute atomic E-state index is 12.8. The van der Waals surface area contributed by atoms with Crippen LogP contribution in [0.1, 0.15) is 30.1 Å². The van der Waals surface area contributed by atoms with Gasteiger partial charge in [0.25, 0.3) is 0 Å². The molecule has 0 spiro atoms. The number of piperidine rings is 1. The first kappa shape index (κ1) is 19.9. The van der Waals surface area contributed by atoms with Gasteiger partial charge in [0, 0.05) is 26.2 Å². The maximum Gasteiger partial charge on any atom is 0.236 e. The van der Waals surface area contributed by atoms with Crippen molar-refractivity contribution < 1.29 is 14.6 Å². The summed E-state index contributed by atoms with van der Waals surface area (Å²) in [5.41, 5.74) is 2.35. The van der Waals surface area contributed by atoms with Crippen molar-refractivity contribution in [1.82, 2.24) is 9.80 Å². The van der Waals surface area contributed by atoms with Crippen LogP contribution in [0.5, 0.6) is 5.75 Å². The highest BCUT2D eigenvalue weighted by molar-refractivity contribution is 5.78. The molecule has 154 valence electrons. The van der Waals surface area contributed by atoms with Crippen LogP contribution in [-0.2, 0) is 16.0 Å². The van der Waals surface area contributed by atoms with E-state index in [0.717, 1.165) is 44.5 Å². The van der Waals surface area contributed by atoms with Crippen LogP contribution in [0, 0.1) is 5.92 Å². The molecule has 0 aliphatic carbocycles. The summed E-state index contributed by atoms with van der Waals surface area (Å²) in [5.74, 6) is 1.14. The zero-order valence-electron chi connectivity index (χ0n) is 16.9. The Bertz CT molecular complexity index is 803. The summed E-state index contributed by atoms with van der Waals surface area (Å²) in [6.45, 7) is 4.22. The van der Waals surface area contributed by atoms with Gasteiger partial charge < -0.3 is 14.7 Å². The number of ether oxygens (including phenoxy) is 1. The van der Waals surface area contributed by atoms with E-state index in [1.165, 1.54) is 5.56 Å². The lowest BCUT2D eigenvalue weighted by Crippen LogP contribution is -2.47. The number of phenols is 1. The molecule has 1 atom stereocenters.